The third kappa shape index (κ3) is 4.23. The highest BCUT2D eigenvalue weighted by Gasteiger charge is 2.22. The molecule has 0 bridgehead atoms. The van der Waals surface area contributed by atoms with Crippen molar-refractivity contribution in [3.8, 4) is 0 Å². The summed E-state index contributed by atoms with van der Waals surface area (Å²) in [7, 11) is -2.53. The van der Waals surface area contributed by atoms with Crippen LogP contribution in [-0.4, -0.2) is 46.0 Å². The Morgan fingerprint density at radius 2 is 2.05 bits per heavy atom. The van der Waals surface area contributed by atoms with Crippen LogP contribution in [0.1, 0.15) is 22.8 Å². The molecule has 21 heavy (non-hydrogen) atoms. The highest BCUT2D eigenvalue weighted by atomic mass is 32.2. The number of hydrogen-bond acceptors (Lipinski definition) is 4. The van der Waals surface area contributed by atoms with E-state index in [2.05, 4.69) is 0 Å². The van der Waals surface area contributed by atoms with Crippen LogP contribution in [-0.2, 0) is 14.8 Å². The zero-order valence-electron chi connectivity index (χ0n) is 12.2. The summed E-state index contributed by atoms with van der Waals surface area (Å²) in [6.07, 6.45) is 0. The number of likely N-dealkylation sites (N-methyl/N-ethyl adjacent to an activating group) is 1. The van der Waals surface area contributed by atoms with E-state index < -0.39 is 21.7 Å². The number of ether oxygens (including phenoxy) is 1. The van der Waals surface area contributed by atoms with Crippen molar-refractivity contribution in [1.29, 1.82) is 0 Å². The van der Waals surface area contributed by atoms with E-state index in [1.807, 2.05) is 0 Å². The van der Waals surface area contributed by atoms with Gasteiger partial charge >= 0.3 is 0 Å². The van der Waals surface area contributed by atoms with Crippen LogP contribution in [0.25, 0.3) is 0 Å². The van der Waals surface area contributed by atoms with Gasteiger partial charge in [0.05, 0.1) is 17.1 Å². The minimum absolute atomic E-state index is 0.159. The minimum Gasteiger partial charge on any atom is -0.383 e. The molecule has 0 saturated carbocycles. The molecule has 0 aliphatic carbocycles. The molecule has 0 radical (unpaired) electrons. The lowest BCUT2D eigenvalue weighted by Gasteiger charge is -2.21. The number of primary sulfonamides is 1. The fourth-order valence-corrected chi connectivity index (χ4v) is 2.69. The van der Waals surface area contributed by atoms with Crippen molar-refractivity contribution in [1.82, 2.24) is 4.90 Å². The average molecular weight is 318 g/mol. The van der Waals surface area contributed by atoms with Crippen LogP contribution in [0.3, 0.4) is 0 Å². The summed E-state index contributed by atoms with van der Waals surface area (Å²) in [4.78, 5) is 13.4. The lowest BCUT2D eigenvalue weighted by Crippen LogP contribution is -2.34. The fraction of sp³-hybridized carbons (Fsp3) is 0.462. The molecule has 0 heterocycles. The van der Waals surface area contributed by atoms with Crippen molar-refractivity contribution in [2.24, 2.45) is 5.14 Å². The van der Waals surface area contributed by atoms with E-state index in [0.717, 1.165) is 12.1 Å². The Kier molecular flexibility index (Phi) is 5.82. The summed E-state index contributed by atoms with van der Waals surface area (Å²) < 4.78 is 41.8. The van der Waals surface area contributed by atoms with Crippen LogP contribution in [0.2, 0.25) is 0 Å². The first-order valence-electron chi connectivity index (χ1n) is 6.33. The number of carbonyl (C=O) groups is 1. The van der Waals surface area contributed by atoms with Gasteiger partial charge in [-0.25, -0.2) is 17.9 Å². The lowest BCUT2D eigenvalue weighted by atomic mass is 10.1. The van der Waals surface area contributed by atoms with Crippen LogP contribution in [0, 0.1) is 12.7 Å². The molecule has 1 rings (SSSR count). The van der Waals surface area contributed by atoms with E-state index in [4.69, 9.17) is 9.88 Å². The van der Waals surface area contributed by atoms with Crippen molar-refractivity contribution in [2.45, 2.75) is 18.7 Å². The molecule has 2 N–H and O–H groups in total. The van der Waals surface area contributed by atoms with Crippen LogP contribution < -0.4 is 5.14 Å². The first-order chi connectivity index (χ1) is 9.72. The maximum atomic E-state index is 14.0. The van der Waals surface area contributed by atoms with Crippen molar-refractivity contribution in [3.63, 3.8) is 0 Å². The van der Waals surface area contributed by atoms with Gasteiger partial charge in [-0.05, 0) is 31.5 Å². The molecule has 0 saturated heterocycles. The second kappa shape index (κ2) is 6.97. The zero-order valence-corrected chi connectivity index (χ0v) is 13.0. The lowest BCUT2D eigenvalue weighted by molar-refractivity contribution is 0.0701. The van der Waals surface area contributed by atoms with E-state index >= 15 is 0 Å². The number of carbonyl (C=O) groups excluding carboxylic acids is 1. The number of methoxy groups -OCH3 is 1. The van der Waals surface area contributed by atoms with E-state index in [1.54, 1.807) is 6.92 Å². The van der Waals surface area contributed by atoms with E-state index in [0.29, 0.717) is 13.2 Å². The number of rotatable bonds is 6. The van der Waals surface area contributed by atoms with Crippen molar-refractivity contribution >= 4 is 15.9 Å². The van der Waals surface area contributed by atoms with Crippen molar-refractivity contribution in [3.05, 3.63) is 29.1 Å². The van der Waals surface area contributed by atoms with E-state index in [-0.39, 0.29) is 22.6 Å². The molecule has 0 aliphatic rings. The monoisotopic (exact) mass is 318 g/mol. The predicted molar refractivity (Wildman–Crippen MR) is 76.0 cm³/mol. The SMILES string of the molecule is CCN(CCOC)C(=O)c1cc(S(N)(=O)=O)c(C)cc1F. The van der Waals surface area contributed by atoms with Gasteiger partial charge in [0.2, 0.25) is 10.0 Å². The van der Waals surface area contributed by atoms with E-state index in [1.165, 1.54) is 18.9 Å². The Hall–Kier alpha value is -1.51. The van der Waals surface area contributed by atoms with Crippen molar-refractivity contribution in [2.75, 3.05) is 26.8 Å². The molecule has 0 aliphatic heterocycles. The molecular weight excluding hydrogens is 299 g/mol. The Bertz CT molecular complexity index is 631. The number of aryl methyl sites for hydroxylation is 1. The van der Waals surface area contributed by atoms with Gasteiger partial charge in [0.1, 0.15) is 5.82 Å². The number of hydrogen-bond donors (Lipinski definition) is 1. The van der Waals surface area contributed by atoms with Gasteiger partial charge in [-0.3, -0.25) is 4.79 Å². The molecule has 0 atom stereocenters. The Morgan fingerprint density at radius 1 is 1.43 bits per heavy atom. The average Bonchev–Trinajstić information content (AvgIpc) is 2.37. The highest BCUT2D eigenvalue weighted by molar-refractivity contribution is 7.89. The Labute approximate surface area is 123 Å². The summed E-state index contributed by atoms with van der Waals surface area (Å²) in [5.41, 5.74) is -0.158. The normalized spacial score (nSPS) is 11.5. The van der Waals surface area contributed by atoms with Gasteiger partial charge in [0, 0.05) is 20.2 Å². The molecule has 0 fully saturated rings. The Morgan fingerprint density at radius 3 is 2.52 bits per heavy atom. The van der Waals surface area contributed by atoms with Crippen LogP contribution >= 0.6 is 0 Å². The van der Waals surface area contributed by atoms with Gasteiger partial charge in [0.25, 0.3) is 5.91 Å². The minimum atomic E-state index is -4.02. The Balaban J connectivity index is 3.26. The number of sulfonamides is 1. The molecule has 1 amide bonds. The number of halogens is 1. The molecule has 1 aromatic rings. The van der Waals surface area contributed by atoms with E-state index in [9.17, 15) is 17.6 Å². The van der Waals surface area contributed by atoms with Gasteiger partial charge in [-0.2, -0.15) is 0 Å². The standard InChI is InChI=1S/C13H19FN2O4S/c1-4-16(5-6-20-3)13(17)10-8-12(21(15,18)19)9(2)7-11(10)14/h7-8H,4-6H2,1-3H3,(H2,15,18,19). The van der Waals surface area contributed by atoms with Crippen LogP contribution in [0.15, 0.2) is 17.0 Å². The summed E-state index contributed by atoms with van der Waals surface area (Å²) in [5, 5.41) is 5.07. The highest BCUT2D eigenvalue weighted by Crippen LogP contribution is 2.20. The predicted octanol–water partition coefficient (Wildman–Crippen LogP) is 0.890. The molecule has 1 aromatic carbocycles. The van der Waals surface area contributed by atoms with Crippen LogP contribution in [0.4, 0.5) is 4.39 Å². The topological polar surface area (TPSA) is 89.7 Å². The second-order valence-corrected chi connectivity index (χ2v) is 6.05. The molecule has 0 aromatic heterocycles. The van der Waals surface area contributed by atoms with Crippen molar-refractivity contribution < 1.29 is 22.3 Å². The maximum Gasteiger partial charge on any atom is 0.256 e. The summed E-state index contributed by atoms with van der Waals surface area (Å²) in [5.74, 6) is -1.38. The van der Waals surface area contributed by atoms with Gasteiger partial charge in [-0.1, -0.05) is 0 Å². The van der Waals surface area contributed by atoms with Gasteiger partial charge in [0.15, 0.2) is 0 Å². The number of nitrogens with two attached hydrogens (primary N) is 1. The molecule has 0 unspecified atom stereocenters. The summed E-state index contributed by atoms with van der Waals surface area (Å²) in [6.45, 7) is 4.08. The smallest absolute Gasteiger partial charge is 0.256 e. The quantitative estimate of drug-likeness (QED) is 0.843. The molecular formula is C13H19FN2O4S. The fourth-order valence-electron chi connectivity index (χ4n) is 1.90. The molecule has 6 nitrogen and oxygen atoms in total. The molecule has 8 heteroatoms. The largest absolute Gasteiger partial charge is 0.383 e. The van der Waals surface area contributed by atoms with Crippen LogP contribution in [0.5, 0.6) is 0 Å². The van der Waals surface area contributed by atoms with Gasteiger partial charge in [-0.15, -0.1) is 0 Å². The maximum absolute atomic E-state index is 14.0. The third-order valence-electron chi connectivity index (χ3n) is 3.04. The zero-order chi connectivity index (χ0) is 16.2. The number of nitrogens with zero attached hydrogens (tertiary/aromatic N) is 1. The molecule has 0 spiro atoms. The number of amides is 1. The second-order valence-electron chi connectivity index (χ2n) is 4.52. The summed E-state index contributed by atoms with van der Waals surface area (Å²) >= 11 is 0. The first-order valence-corrected chi connectivity index (χ1v) is 7.88. The first kappa shape index (κ1) is 17.5. The summed E-state index contributed by atoms with van der Waals surface area (Å²) in [6, 6.07) is 1.98. The third-order valence-corrected chi connectivity index (χ3v) is 4.09. The molecule has 118 valence electrons. The van der Waals surface area contributed by atoms with Gasteiger partial charge < -0.3 is 9.64 Å². The number of benzene rings is 1.